The van der Waals surface area contributed by atoms with Crippen molar-refractivity contribution in [1.29, 1.82) is 0 Å². The summed E-state index contributed by atoms with van der Waals surface area (Å²) < 4.78 is 11.5. The van der Waals surface area contributed by atoms with Gasteiger partial charge in [-0.25, -0.2) is 4.39 Å². The SMILES string of the molecule is CC1(C)OB([N+]2(C(=O)O)CC=CC2)OC1(C)C. The van der Waals surface area contributed by atoms with Crippen LogP contribution in [0.1, 0.15) is 27.7 Å². The van der Waals surface area contributed by atoms with Gasteiger partial charge in [0.1, 0.15) is 0 Å². The second-order valence-corrected chi connectivity index (χ2v) is 5.72. The van der Waals surface area contributed by atoms with Gasteiger partial charge >= 0.3 is 13.3 Å². The maximum Gasteiger partial charge on any atom is 0.771 e. The number of quaternary nitrogens is 1. The Balaban J connectivity index is 2.28. The summed E-state index contributed by atoms with van der Waals surface area (Å²) in [5.41, 5.74) is -0.998. The molecular formula is C11H19BNO4+. The summed E-state index contributed by atoms with van der Waals surface area (Å²) >= 11 is 0. The van der Waals surface area contributed by atoms with Gasteiger partial charge in [0, 0.05) is 0 Å². The Bertz CT molecular complexity index is 354. The molecule has 2 aliphatic heterocycles. The summed E-state index contributed by atoms with van der Waals surface area (Å²) in [6, 6.07) is 0. The van der Waals surface area contributed by atoms with Gasteiger partial charge in [-0.2, -0.15) is 4.79 Å². The number of carbonyl (C=O) groups is 1. The van der Waals surface area contributed by atoms with E-state index in [1.807, 2.05) is 39.8 Å². The Hall–Kier alpha value is -0.845. The molecule has 5 nitrogen and oxygen atoms in total. The number of hydrogen-bond donors (Lipinski definition) is 1. The zero-order valence-corrected chi connectivity index (χ0v) is 10.8. The van der Waals surface area contributed by atoms with Gasteiger partial charge in [0.25, 0.3) is 0 Å². The number of hydrogen-bond acceptors (Lipinski definition) is 3. The summed E-state index contributed by atoms with van der Waals surface area (Å²) in [4.78, 5) is 11.5. The summed E-state index contributed by atoms with van der Waals surface area (Å²) in [5.74, 6) is 0. The molecule has 2 heterocycles. The summed E-state index contributed by atoms with van der Waals surface area (Å²) in [7, 11) is -0.743. The van der Waals surface area contributed by atoms with Crippen molar-refractivity contribution < 1.29 is 23.6 Å². The fraction of sp³-hybridized carbons (Fsp3) is 0.727. The molecule has 0 aliphatic carbocycles. The molecular weight excluding hydrogens is 221 g/mol. The van der Waals surface area contributed by atoms with E-state index in [1.165, 1.54) is 0 Å². The minimum absolute atomic E-state index is 0.215. The van der Waals surface area contributed by atoms with Crippen LogP contribution in [0.5, 0.6) is 0 Å². The normalized spacial score (nSPS) is 28.6. The van der Waals surface area contributed by atoms with E-state index in [1.54, 1.807) is 0 Å². The third-order valence-electron chi connectivity index (χ3n) is 4.05. The van der Waals surface area contributed by atoms with Gasteiger partial charge in [-0.1, -0.05) is 0 Å². The number of nitrogens with zero attached hydrogens (tertiary/aromatic N) is 1. The second-order valence-electron chi connectivity index (χ2n) is 5.72. The van der Waals surface area contributed by atoms with Crippen LogP contribution in [0.2, 0.25) is 0 Å². The van der Waals surface area contributed by atoms with Crippen LogP contribution in [0.3, 0.4) is 0 Å². The van der Waals surface area contributed by atoms with Crippen LogP contribution in [0.4, 0.5) is 4.79 Å². The molecule has 0 spiro atoms. The van der Waals surface area contributed by atoms with Crippen molar-refractivity contribution in [3.05, 3.63) is 12.2 Å². The summed E-state index contributed by atoms with van der Waals surface area (Å²) in [6.07, 6.45) is 2.81. The van der Waals surface area contributed by atoms with E-state index >= 15 is 0 Å². The first-order chi connectivity index (χ1) is 7.71. The molecule has 0 saturated carbocycles. The average molecular weight is 240 g/mol. The quantitative estimate of drug-likeness (QED) is 0.559. The maximum atomic E-state index is 11.5. The molecule has 2 rings (SSSR count). The summed E-state index contributed by atoms with van der Waals surface area (Å²) in [6.45, 7) is 8.52. The van der Waals surface area contributed by atoms with Crippen LogP contribution in [0.25, 0.3) is 0 Å². The molecule has 2 aliphatic rings. The molecule has 1 saturated heterocycles. The third kappa shape index (κ3) is 1.71. The van der Waals surface area contributed by atoms with Gasteiger partial charge in [-0.3, -0.25) is 0 Å². The van der Waals surface area contributed by atoms with E-state index in [0.717, 1.165) is 0 Å². The van der Waals surface area contributed by atoms with Gasteiger partial charge in [-0.05, 0) is 39.8 Å². The number of amides is 1. The molecule has 0 unspecified atom stereocenters. The largest absolute Gasteiger partial charge is 0.771 e. The lowest BCUT2D eigenvalue weighted by atomic mass is 9.90. The first-order valence-corrected chi connectivity index (χ1v) is 5.82. The van der Waals surface area contributed by atoms with Crippen LogP contribution in [0, 0.1) is 0 Å². The van der Waals surface area contributed by atoms with E-state index < -0.39 is 24.5 Å². The number of carboxylic acid groups (broad SMARTS) is 1. The Morgan fingerprint density at radius 3 is 1.94 bits per heavy atom. The third-order valence-corrected chi connectivity index (χ3v) is 4.05. The molecule has 1 amide bonds. The molecule has 6 heteroatoms. The average Bonchev–Trinajstić information content (AvgIpc) is 2.71. The van der Waals surface area contributed by atoms with E-state index in [4.69, 9.17) is 9.31 Å². The van der Waals surface area contributed by atoms with Gasteiger partial charge in [-0.15, -0.1) is 0 Å². The van der Waals surface area contributed by atoms with E-state index in [0.29, 0.717) is 13.1 Å². The lowest BCUT2D eigenvalue weighted by molar-refractivity contribution is -0.749. The first kappa shape index (κ1) is 12.6. The van der Waals surface area contributed by atoms with Gasteiger partial charge in [0.15, 0.2) is 0 Å². The van der Waals surface area contributed by atoms with E-state index in [2.05, 4.69) is 0 Å². The van der Waals surface area contributed by atoms with Crippen LogP contribution in [0.15, 0.2) is 12.2 Å². The highest BCUT2D eigenvalue weighted by atomic mass is 16.7. The number of rotatable bonds is 1. The minimum Gasteiger partial charge on any atom is -0.437 e. The monoisotopic (exact) mass is 240 g/mol. The molecule has 0 aromatic carbocycles. The second kappa shape index (κ2) is 3.57. The predicted molar refractivity (Wildman–Crippen MR) is 63.2 cm³/mol. The maximum absolute atomic E-state index is 11.5. The van der Waals surface area contributed by atoms with Crippen molar-refractivity contribution in [2.24, 2.45) is 0 Å². The van der Waals surface area contributed by atoms with Crippen LogP contribution < -0.4 is 0 Å². The van der Waals surface area contributed by atoms with E-state index in [-0.39, 0.29) is 4.39 Å². The van der Waals surface area contributed by atoms with Crippen LogP contribution in [-0.4, -0.2) is 47.1 Å². The van der Waals surface area contributed by atoms with Gasteiger partial charge in [0.05, 0.1) is 24.3 Å². The molecule has 0 atom stereocenters. The van der Waals surface area contributed by atoms with Crippen molar-refractivity contribution >= 4 is 13.3 Å². The molecule has 1 N–H and O–H groups in total. The molecule has 0 aromatic heterocycles. The Labute approximate surface area is 102 Å². The molecule has 0 radical (unpaired) electrons. The predicted octanol–water partition coefficient (Wildman–Crippen LogP) is 1.64. The molecule has 0 aromatic rings. The molecule has 94 valence electrons. The van der Waals surface area contributed by atoms with Gasteiger partial charge in [0.2, 0.25) is 0 Å². The van der Waals surface area contributed by atoms with Crippen molar-refractivity contribution in [2.45, 2.75) is 38.9 Å². The fourth-order valence-corrected chi connectivity index (χ4v) is 2.03. The lowest BCUT2D eigenvalue weighted by Crippen LogP contribution is -2.61. The highest BCUT2D eigenvalue weighted by Crippen LogP contribution is 2.40. The van der Waals surface area contributed by atoms with Crippen molar-refractivity contribution in [3.63, 3.8) is 0 Å². The Morgan fingerprint density at radius 2 is 1.59 bits per heavy atom. The van der Waals surface area contributed by atoms with Crippen molar-refractivity contribution in [3.8, 4) is 0 Å². The molecule has 1 fully saturated rings. The van der Waals surface area contributed by atoms with Gasteiger partial charge < -0.3 is 14.4 Å². The first-order valence-electron chi connectivity index (χ1n) is 5.82. The standard InChI is InChI=1S/C11H18BNO4/c1-10(2)11(3,4)17-12(16-10)13(9(14)15)7-5-6-8-13/h5-6H,7-8H2,1-4H3/p+1. The smallest absolute Gasteiger partial charge is 0.437 e. The lowest BCUT2D eigenvalue weighted by Gasteiger charge is -2.31. The zero-order chi connectivity index (χ0) is 12.9. The molecule has 0 bridgehead atoms. The Kier molecular flexibility index (Phi) is 2.65. The molecule has 17 heavy (non-hydrogen) atoms. The topological polar surface area (TPSA) is 55.8 Å². The van der Waals surface area contributed by atoms with E-state index in [9.17, 15) is 9.90 Å². The van der Waals surface area contributed by atoms with Crippen LogP contribution >= 0.6 is 0 Å². The highest BCUT2D eigenvalue weighted by molar-refractivity contribution is 6.39. The minimum atomic E-state index is -0.909. The van der Waals surface area contributed by atoms with Crippen molar-refractivity contribution in [1.82, 2.24) is 0 Å². The highest BCUT2D eigenvalue weighted by Gasteiger charge is 2.66. The zero-order valence-electron chi connectivity index (χ0n) is 10.8. The Morgan fingerprint density at radius 1 is 1.18 bits per heavy atom. The summed E-state index contributed by atoms with van der Waals surface area (Å²) in [5, 5.41) is 9.44. The fourth-order valence-electron chi connectivity index (χ4n) is 2.03. The van der Waals surface area contributed by atoms with Crippen molar-refractivity contribution in [2.75, 3.05) is 13.1 Å². The van der Waals surface area contributed by atoms with Crippen LogP contribution in [-0.2, 0) is 9.31 Å².